The fourth-order valence-corrected chi connectivity index (χ4v) is 2.75. The predicted octanol–water partition coefficient (Wildman–Crippen LogP) is 2.35. The number of esters is 1. The fraction of sp³-hybridized carbons (Fsp3) is 0.167. The van der Waals surface area contributed by atoms with E-state index in [0.29, 0.717) is 15.7 Å². The maximum absolute atomic E-state index is 11.7. The second-order valence-electron chi connectivity index (χ2n) is 3.66. The molecule has 0 saturated carbocycles. The molecule has 2 rings (SSSR count). The van der Waals surface area contributed by atoms with Crippen LogP contribution >= 0.6 is 22.7 Å². The van der Waals surface area contributed by atoms with Crippen molar-refractivity contribution < 1.29 is 14.3 Å². The minimum absolute atomic E-state index is 0.330. The van der Waals surface area contributed by atoms with Gasteiger partial charge in [0.15, 0.2) is 5.13 Å². The summed E-state index contributed by atoms with van der Waals surface area (Å²) < 4.78 is 4.63. The normalized spacial score (nSPS) is 10.7. The molecule has 0 radical (unpaired) electrons. The molecule has 2 aromatic heterocycles. The number of hydrogen-bond acceptors (Lipinski definition) is 7. The van der Waals surface area contributed by atoms with E-state index in [1.807, 2.05) is 5.38 Å². The number of amides is 1. The van der Waals surface area contributed by atoms with Gasteiger partial charge in [0.05, 0.1) is 24.0 Å². The molecule has 0 fully saturated rings. The second kappa shape index (κ2) is 6.40. The number of carbonyl (C=O) groups excluding carboxylic acids is 2. The molecule has 104 valence electrons. The Balaban J connectivity index is 2.03. The highest BCUT2D eigenvalue weighted by molar-refractivity contribution is 7.17. The summed E-state index contributed by atoms with van der Waals surface area (Å²) in [5, 5.41) is 4.78. The van der Waals surface area contributed by atoms with Crippen LogP contribution in [0.15, 0.2) is 17.0 Å². The molecule has 0 bridgehead atoms. The Morgan fingerprint density at radius 3 is 2.90 bits per heavy atom. The summed E-state index contributed by atoms with van der Waals surface area (Å²) in [4.78, 5) is 31.6. The van der Waals surface area contributed by atoms with Gasteiger partial charge in [-0.1, -0.05) is 11.3 Å². The highest BCUT2D eigenvalue weighted by atomic mass is 32.1. The lowest BCUT2D eigenvalue weighted by molar-refractivity contribution is -0.111. The van der Waals surface area contributed by atoms with Crippen molar-refractivity contribution in [2.24, 2.45) is 0 Å². The maximum atomic E-state index is 11.7. The standard InChI is InChI=1S/C12H11N3O3S2/c1-7-10(11(17)18-2)20-12(14-7)15-9(16)4-3-8-5-19-6-13-8/h3-6H,1-2H3,(H,14,15,16). The molecule has 1 N–H and O–H groups in total. The topological polar surface area (TPSA) is 81.2 Å². The van der Waals surface area contributed by atoms with E-state index in [-0.39, 0.29) is 5.91 Å². The number of aryl methyl sites for hydroxylation is 1. The molecule has 8 heteroatoms. The zero-order valence-electron chi connectivity index (χ0n) is 10.7. The van der Waals surface area contributed by atoms with E-state index < -0.39 is 5.97 Å². The number of nitrogens with one attached hydrogen (secondary N) is 1. The summed E-state index contributed by atoms with van der Waals surface area (Å²) in [6, 6.07) is 0. The monoisotopic (exact) mass is 309 g/mol. The van der Waals surface area contributed by atoms with E-state index in [9.17, 15) is 9.59 Å². The van der Waals surface area contributed by atoms with Crippen LogP contribution in [0.5, 0.6) is 0 Å². The van der Waals surface area contributed by atoms with E-state index in [1.165, 1.54) is 24.5 Å². The Kier molecular flexibility index (Phi) is 4.59. The van der Waals surface area contributed by atoms with Gasteiger partial charge >= 0.3 is 5.97 Å². The summed E-state index contributed by atoms with van der Waals surface area (Å²) in [7, 11) is 1.30. The molecule has 0 unspecified atom stereocenters. The SMILES string of the molecule is COC(=O)c1sc(NC(=O)C=Cc2cscn2)nc1C. The zero-order valence-corrected chi connectivity index (χ0v) is 12.4. The van der Waals surface area contributed by atoms with Gasteiger partial charge in [-0.2, -0.15) is 0 Å². The molecule has 0 aromatic carbocycles. The van der Waals surface area contributed by atoms with Gasteiger partial charge in [0.1, 0.15) is 4.88 Å². The van der Waals surface area contributed by atoms with E-state index in [0.717, 1.165) is 17.0 Å². The molecule has 0 saturated heterocycles. The third-order valence-electron chi connectivity index (χ3n) is 2.25. The highest BCUT2D eigenvalue weighted by Crippen LogP contribution is 2.23. The number of ether oxygens (including phenoxy) is 1. The van der Waals surface area contributed by atoms with E-state index in [4.69, 9.17) is 0 Å². The number of nitrogens with zero attached hydrogens (tertiary/aromatic N) is 2. The molecule has 0 aliphatic rings. The van der Waals surface area contributed by atoms with Crippen LogP contribution < -0.4 is 5.32 Å². The number of rotatable bonds is 4. The average molecular weight is 309 g/mol. The van der Waals surface area contributed by atoms with Gasteiger partial charge in [-0.3, -0.25) is 10.1 Å². The van der Waals surface area contributed by atoms with Gasteiger partial charge in [-0.05, 0) is 13.0 Å². The molecule has 0 spiro atoms. The van der Waals surface area contributed by atoms with Crippen LogP contribution in [0.4, 0.5) is 5.13 Å². The average Bonchev–Trinajstić information content (AvgIpc) is 3.05. The number of aromatic nitrogens is 2. The summed E-state index contributed by atoms with van der Waals surface area (Å²) in [6.45, 7) is 1.68. The van der Waals surface area contributed by atoms with E-state index in [1.54, 1.807) is 18.5 Å². The predicted molar refractivity (Wildman–Crippen MR) is 78.0 cm³/mol. The number of anilines is 1. The maximum Gasteiger partial charge on any atom is 0.350 e. The van der Waals surface area contributed by atoms with E-state index in [2.05, 4.69) is 20.0 Å². The van der Waals surface area contributed by atoms with Crippen molar-refractivity contribution >= 4 is 45.8 Å². The van der Waals surface area contributed by atoms with E-state index >= 15 is 0 Å². The lowest BCUT2D eigenvalue weighted by atomic mass is 10.4. The zero-order chi connectivity index (χ0) is 14.5. The van der Waals surface area contributed by atoms with Crippen LogP contribution in [0.3, 0.4) is 0 Å². The van der Waals surface area contributed by atoms with Crippen LogP contribution in [-0.4, -0.2) is 29.0 Å². The number of carbonyl (C=O) groups is 2. The Labute approximate surface area is 123 Å². The van der Waals surface area contributed by atoms with Gasteiger partial charge in [0, 0.05) is 11.5 Å². The van der Waals surface area contributed by atoms with Crippen LogP contribution in [0.2, 0.25) is 0 Å². The number of thiazole rings is 2. The van der Waals surface area contributed by atoms with Gasteiger partial charge in [-0.25, -0.2) is 14.8 Å². The Morgan fingerprint density at radius 2 is 2.25 bits per heavy atom. The smallest absolute Gasteiger partial charge is 0.350 e. The molecule has 0 atom stereocenters. The summed E-state index contributed by atoms with van der Waals surface area (Å²) in [5.74, 6) is -0.790. The fourth-order valence-electron chi connectivity index (χ4n) is 1.34. The summed E-state index contributed by atoms with van der Waals surface area (Å²) in [5.41, 5.74) is 2.93. The van der Waals surface area contributed by atoms with Gasteiger partial charge in [0.2, 0.25) is 5.91 Å². The lowest BCUT2D eigenvalue weighted by Gasteiger charge is -1.94. The first-order valence-corrected chi connectivity index (χ1v) is 7.29. The molecule has 2 heterocycles. The van der Waals surface area contributed by atoms with Crippen LogP contribution in [0.25, 0.3) is 6.08 Å². The van der Waals surface area contributed by atoms with Gasteiger partial charge in [0.25, 0.3) is 0 Å². The molecular weight excluding hydrogens is 298 g/mol. The third-order valence-corrected chi connectivity index (χ3v) is 3.91. The Morgan fingerprint density at radius 1 is 1.45 bits per heavy atom. The van der Waals surface area contributed by atoms with Crippen molar-refractivity contribution in [3.8, 4) is 0 Å². The minimum atomic E-state index is -0.460. The molecule has 0 aliphatic heterocycles. The summed E-state index contributed by atoms with van der Waals surface area (Å²) >= 11 is 2.53. The van der Waals surface area contributed by atoms with Crippen molar-refractivity contribution in [1.29, 1.82) is 0 Å². The van der Waals surface area contributed by atoms with Crippen LogP contribution in [-0.2, 0) is 9.53 Å². The van der Waals surface area contributed by atoms with Crippen molar-refractivity contribution in [3.05, 3.63) is 33.2 Å². The quantitative estimate of drug-likeness (QED) is 0.692. The lowest BCUT2D eigenvalue weighted by Crippen LogP contribution is -2.07. The first kappa shape index (κ1) is 14.4. The first-order valence-electron chi connectivity index (χ1n) is 5.53. The van der Waals surface area contributed by atoms with Crippen LogP contribution in [0, 0.1) is 6.92 Å². The van der Waals surface area contributed by atoms with Gasteiger partial charge < -0.3 is 4.74 Å². The van der Waals surface area contributed by atoms with Gasteiger partial charge in [-0.15, -0.1) is 11.3 Å². The molecule has 6 nitrogen and oxygen atoms in total. The first-order chi connectivity index (χ1) is 9.60. The molecule has 0 aliphatic carbocycles. The summed E-state index contributed by atoms with van der Waals surface area (Å²) in [6.07, 6.45) is 2.97. The third kappa shape index (κ3) is 3.49. The number of hydrogen-bond donors (Lipinski definition) is 1. The van der Waals surface area contributed by atoms with Crippen molar-refractivity contribution in [1.82, 2.24) is 9.97 Å². The second-order valence-corrected chi connectivity index (χ2v) is 5.38. The Bertz CT molecular complexity index is 647. The van der Waals surface area contributed by atoms with Crippen molar-refractivity contribution in [3.63, 3.8) is 0 Å². The molecule has 1 amide bonds. The number of methoxy groups -OCH3 is 1. The molecule has 20 heavy (non-hydrogen) atoms. The molecular formula is C12H11N3O3S2. The Hall–Kier alpha value is -2.06. The van der Waals surface area contributed by atoms with Crippen molar-refractivity contribution in [2.75, 3.05) is 12.4 Å². The minimum Gasteiger partial charge on any atom is -0.465 e. The largest absolute Gasteiger partial charge is 0.465 e. The van der Waals surface area contributed by atoms with Crippen molar-refractivity contribution in [2.45, 2.75) is 6.92 Å². The molecule has 2 aromatic rings. The van der Waals surface area contributed by atoms with Crippen LogP contribution in [0.1, 0.15) is 21.1 Å². The highest BCUT2D eigenvalue weighted by Gasteiger charge is 2.16.